The van der Waals surface area contributed by atoms with Crippen LogP contribution in [0.1, 0.15) is 66.8 Å². The molecule has 4 aromatic carbocycles. The predicted octanol–water partition coefficient (Wildman–Crippen LogP) is 7.44. The lowest BCUT2D eigenvalue weighted by Crippen LogP contribution is -2.31. The molecule has 3 N–H and O–H groups in total. The van der Waals surface area contributed by atoms with Crippen LogP contribution in [0.5, 0.6) is 0 Å². The number of carboxylic acid groups (broad SMARTS) is 1. The second kappa shape index (κ2) is 16.4. The Labute approximate surface area is 268 Å². The molecule has 0 unspecified atom stereocenters. The van der Waals surface area contributed by atoms with Crippen molar-refractivity contribution in [1.82, 2.24) is 5.32 Å². The fraction of sp³-hybridized carbons (Fsp3) is 0.297. The number of thioether (sulfide) groups is 1. The molecule has 5 rings (SSSR count). The minimum Gasteiger partial charge on any atom is -0.481 e. The van der Waals surface area contributed by atoms with Gasteiger partial charge >= 0.3 is 5.97 Å². The number of amides is 1. The molecule has 0 aliphatic carbocycles. The Morgan fingerprint density at radius 2 is 1.51 bits per heavy atom. The number of hydrogen-bond donors (Lipinski definition) is 3. The van der Waals surface area contributed by atoms with E-state index in [0.717, 1.165) is 45.6 Å². The standard InChI is InChI=1S/C37H39NO6S/c39-24-26-13-15-29(16-14-26)34-22-32(25-45-33-9-2-1-3-10-33)43-37(44-34)30-19-17-28(18-20-30)31-8-6-7-27(21-31)23-38-35(40)11-4-5-12-36(41)42/h1-3,6-10,13-21,32,34,37,39H,4-5,11-12,22-25H2,(H,38,40)(H,41,42)/t32-,34+,37+/m1/s1. The molecule has 0 saturated carbocycles. The third-order valence-electron chi connectivity index (χ3n) is 7.77. The van der Waals surface area contributed by atoms with Crippen molar-refractivity contribution in [1.29, 1.82) is 0 Å². The van der Waals surface area contributed by atoms with Crippen LogP contribution >= 0.6 is 11.8 Å². The SMILES string of the molecule is O=C(O)CCCCC(=O)NCc1cccc(-c2ccc([C@H]3O[C@@H](CSc4ccccc4)C[C@@H](c4ccc(CO)cc4)O3)cc2)c1. The van der Waals surface area contributed by atoms with E-state index in [0.29, 0.717) is 25.8 Å². The Balaban J connectivity index is 1.24. The summed E-state index contributed by atoms with van der Waals surface area (Å²) in [7, 11) is 0. The molecule has 1 fully saturated rings. The maximum Gasteiger partial charge on any atom is 0.303 e. The van der Waals surface area contributed by atoms with Crippen LogP contribution in [-0.4, -0.2) is 33.9 Å². The van der Waals surface area contributed by atoms with Gasteiger partial charge in [0, 0.05) is 42.0 Å². The van der Waals surface area contributed by atoms with Crippen LogP contribution in [0.2, 0.25) is 0 Å². The van der Waals surface area contributed by atoms with Gasteiger partial charge in [-0.15, -0.1) is 11.8 Å². The number of hydrogen-bond acceptors (Lipinski definition) is 6. The number of aliphatic carboxylic acids is 1. The Bertz CT molecular complexity index is 1530. The molecule has 0 aromatic heterocycles. The Hall–Kier alpha value is -3.95. The van der Waals surface area contributed by atoms with Crippen molar-refractivity contribution in [2.45, 2.75) is 68.6 Å². The van der Waals surface area contributed by atoms with Gasteiger partial charge in [-0.3, -0.25) is 9.59 Å². The van der Waals surface area contributed by atoms with Gasteiger partial charge in [-0.2, -0.15) is 0 Å². The molecule has 1 amide bonds. The van der Waals surface area contributed by atoms with Crippen molar-refractivity contribution in [2.75, 3.05) is 5.75 Å². The lowest BCUT2D eigenvalue weighted by molar-refractivity contribution is -0.245. The van der Waals surface area contributed by atoms with Crippen LogP contribution in [-0.2, 0) is 32.2 Å². The van der Waals surface area contributed by atoms with Crippen molar-refractivity contribution >= 4 is 23.6 Å². The van der Waals surface area contributed by atoms with Gasteiger partial charge in [0.2, 0.25) is 5.91 Å². The van der Waals surface area contributed by atoms with Gasteiger partial charge in [0.05, 0.1) is 18.8 Å². The summed E-state index contributed by atoms with van der Waals surface area (Å²) < 4.78 is 13.0. The smallest absolute Gasteiger partial charge is 0.303 e. The second-order valence-electron chi connectivity index (χ2n) is 11.2. The number of carbonyl (C=O) groups is 2. The third kappa shape index (κ3) is 9.77. The Morgan fingerprint density at radius 1 is 0.778 bits per heavy atom. The van der Waals surface area contributed by atoms with E-state index in [1.54, 1.807) is 11.8 Å². The zero-order chi connectivity index (χ0) is 31.4. The van der Waals surface area contributed by atoms with Gasteiger partial charge in [-0.25, -0.2) is 0 Å². The van der Waals surface area contributed by atoms with E-state index in [2.05, 4.69) is 35.6 Å². The second-order valence-corrected chi connectivity index (χ2v) is 12.3. The number of carboxylic acids is 1. The van der Waals surface area contributed by atoms with Gasteiger partial charge < -0.3 is 25.0 Å². The molecular weight excluding hydrogens is 586 g/mol. The summed E-state index contributed by atoms with van der Waals surface area (Å²) in [5, 5.41) is 21.2. The van der Waals surface area contributed by atoms with E-state index in [4.69, 9.17) is 14.6 Å². The number of benzene rings is 4. The quantitative estimate of drug-likeness (QED) is 0.0988. The highest BCUT2D eigenvalue weighted by Crippen LogP contribution is 2.40. The molecule has 0 spiro atoms. The molecule has 45 heavy (non-hydrogen) atoms. The fourth-order valence-corrected chi connectivity index (χ4v) is 6.22. The van der Waals surface area contributed by atoms with E-state index in [1.165, 1.54) is 4.90 Å². The molecular formula is C37H39NO6S. The van der Waals surface area contributed by atoms with Gasteiger partial charge in [0.1, 0.15) is 0 Å². The highest BCUT2D eigenvalue weighted by atomic mass is 32.2. The van der Waals surface area contributed by atoms with Crippen molar-refractivity contribution in [3.63, 3.8) is 0 Å². The minimum atomic E-state index is -0.837. The first-order valence-corrected chi connectivity index (χ1v) is 16.3. The maximum atomic E-state index is 12.2. The van der Waals surface area contributed by atoms with Crippen LogP contribution in [0.25, 0.3) is 11.1 Å². The first-order chi connectivity index (χ1) is 22.0. The molecule has 4 aromatic rings. The number of carbonyl (C=O) groups excluding carboxylic acids is 1. The van der Waals surface area contributed by atoms with Crippen LogP contribution in [0.15, 0.2) is 108 Å². The molecule has 0 bridgehead atoms. The summed E-state index contributed by atoms with van der Waals surface area (Å²) >= 11 is 1.78. The predicted molar refractivity (Wildman–Crippen MR) is 175 cm³/mol. The summed E-state index contributed by atoms with van der Waals surface area (Å²) in [5.41, 5.74) is 5.95. The van der Waals surface area contributed by atoms with Crippen LogP contribution in [0, 0.1) is 0 Å². The Kier molecular flexibility index (Phi) is 11.8. The largest absolute Gasteiger partial charge is 0.481 e. The third-order valence-corrected chi connectivity index (χ3v) is 8.92. The van der Waals surface area contributed by atoms with Crippen molar-refractivity contribution < 1.29 is 29.3 Å². The zero-order valence-corrected chi connectivity index (χ0v) is 26.0. The normalized spacial score (nSPS) is 17.9. The van der Waals surface area contributed by atoms with Crippen molar-refractivity contribution in [2.24, 2.45) is 0 Å². The topological polar surface area (TPSA) is 105 Å². The number of unbranched alkanes of at least 4 members (excludes halogenated alkanes) is 1. The highest BCUT2D eigenvalue weighted by Gasteiger charge is 2.32. The zero-order valence-electron chi connectivity index (χ0n) is 25.1. The van der Waals surface area contributed by atoms with Gasteiger partial charge in [-0.1, -0.05) is 84.9 Å². The molecule has 1 heterocycles. The van der Waals surface area contributed by atoms with E-state index >= 15 is 0 Å². The number of aliphatic hydroxyl groups excluding tert-OH is 1. The number of ether oxygens (including phenoxy) is 2. The molecule has 0 radical (unpaired) electrons. The lowest BCUT2D eigenvalue weighted by atomic mass is 9.99. The summed E-state index contributed by atoms with van der Waals surface area (Å²) in [4.78, 5) is 24.0. The van der Waals surface area contributed by atoms with Gasteiger partial charge in [0.25, 0.3) is 0 Å². The molecule has 234 valence electrons. The average Bonchev–Trinajstić information content (AvgIpc) is 3.09. The summed E-state index contributed by atoms with van der Waals surface area (Å²) in [6, 6.07) is 34.5. The first-order valence-electron chi connectivity index (χ1n) is 15.3. The van der Waals surface area contributed by atoms with Crippen LogP contribution in [0.3, 0.4) is 0 Å². The fourth-order valence-electron chi connectivity index (χ4n) is 5.27. The molecule has 1 aliphatic rings. The van der Waals surface area contributed by atoms with Gasteiger partial charge in [-0.05, 0) is 58.9 Å². The molecule has 1 aliphatic heterocycles. The van der Waals surface area contributed by atoms with Crippen molar-refractivity contribution in [3.8, 4) is 11.1 Å². The van der Waals surface area contributed by atoms with E-state index < -0.39 is 12.3 Å². The molecule has 8 heteroatoms. The minimum absolute atomic E-state index is 0.00789. The van der Waals surface area contributed by atoms with E-state index in [1.807, 2.05) is 72.8 Å². The summed E-state index contributed by atoms with van der Waals surface area (Å²) in [6.07, 6.45) is 1.52. The number of rotatable bonds is 14. The highest BCUT2D eigenvalue weighted by molar-refractivity contribution is 7.99. The van der Waals surface area contributed by atoms with E-state index in [9.17, 15) is 14.7 Å². The molecule has 3 atom stereocenters. The Morgan fingerprint density at radius 3 is 2.24 bits per heavy atom. The maximum absolute atomic E-state index is 12.2. The first kappa shape index (κ1) is 32.4. The summed E-state index contributed by atoms with van der Waals surface area (Å²) in [5.74, 6) is -0.111. The number of aliphatic hydroxyl groups is 1. The summed E-state index contributed by atoms with van der Waals surface area (Å²) in [6.45, 7) is 0.421. The van der Waals surface area contributed by atoms with Crippen LogP contribution in [0.4, 0.5) is 0 Å². The van der Waals surface area contributed by atoms with Crippen LogP contribution < -0.4 is 5.32 Å². The lowest BCUT2D eigenvalue weighted by Gasteiger charge is -2.36. The number of nitrogens with one attached hydrogen (secondary N) is 1. The van der Waals surface area contributed by atoms with Crippen molar-refractivity contribution in [3.05, 3.63) is 125 Å². The van der Waals surface area contributed by atoms with E-state index in [-0.39, 0.29) is 31.1 Å². The van der Waals surface area contributed by atoms with Gasteiger partial charge in [0.15, 0.2) is 6.29 Å². The average molecular weight is 626 g/mol. The molecule has 7 nitrogen and oxygen atoms in total. The monoisotopic (exact) mass is 625 g/mol. The molecule has 1 saturated heterocycles.